The van der Waals surface area contributed by atoms with Gasteiger partial charge in [-0.1, -0.05) is 0 Å². The average Bonchev–Trinajstić information content (AvgIpc) is 2.16. The molecule has 77 valence electrons. The Kier molecular flexibility index (Phi) is 3.14. The van der Waals surface area contributed by atoms with Crippen LogP contribution < -0.4 is 0 Å². The minimum atomic E-state index is -0.208. The summed E-state index contributed by atoms with van der Waals surface area (Å²) >= 11 is 0. The van der Waals surface area contributed by atoms with Gasteiger partial charge in [0.1, 0.15) is 0 Å². The maximum atomic E-state index is 11.2. The summed E-state index contributed by atoms with van der Waals surface area (Å²) in [6.07, 6.45) is 0. The Morgan fingerprint density at radius 1 is 0.867 bits per heavy atom. The van der Waals surface area contributed by atoms with Gasteiger partial charge < -0.3 is 0 Å². The van der Waals surface area contributed by atoms with Crippen molar-refractivity contribution < 1.29 is 14.4 Å². The van der Waals surface area contributed by atoms with Crippen molar-refractivity contribution in [2.24, 2.45) is 0 Å². The van der Waals surface area contributed by atoms with Crippen LogP contribution in [0.1, 0.15) is 51.8 Å². The molecule has 15 heavy (non-hydrogen) atoms. The second kappa shape index (κ2) is 4.17. The van der Waals surface area contributed by atoms with Crippen molar-refractivity contribution in [1.29, 1.82) is 0 Å². The fourth-order valence-corrected chi connectivity index (χ4v) is 1.15. The minimum Gasteiger partial charge on any atom is -0.295 e. The van der Waals surface area contributed by atoms with Crippen molar-refractivity contribution in [3.05, 3.63) is 34.9 Å². The summed E-state index contributed by atoms with van der Waals surface area (Å²) in [5.74, 6) is -0.588. The fraction of sp³-hybridized carbons (Fsp3) is 0.250. The van der Waals surface area contributed by atoms with Crippen LogP contribution in [0.25, 0.3) is 0 Å². The third kappa shape index (κ3) is 2.59. The Hall–Kier alpha value is -1.77. The number of rotatable bonds is 3. The van der Waals surface area contributed by atoms with E-state index in [4.69, 9.17) is 0 Å². The molecule has 0 spiro atoms. The highest BCUT2D eigenvalue weighted by molar-refractivity contribution is 6.04. The molecule has 0 aliphatic rings. The highest BCUT2D eigenvalue weighted by Gasteiger charge is 2.10. The van der Waals surface area contributed by atoms with Crippen molar-refractivity contribution in [2.75, 3.05) is 0 Å². The maximum Gasteiger partial charge on any atom is 0.160 e. The first-order valence-electron chi connectivity index (χ1n) is 4.52. The van der Waals surface area contributed by atoms with E-state index in [0.717, 1.165) is 0 Å². The van der Waals surface area contributed by atoms with Gasteiger partial charge >= 0.3 is 0 Å². The predicted molar refractivity (Wildman–Crippen MR) is 55.3 cm³/mol. The van der Waals surface area contributed by atoms with Gasteiger partial charge in [0, 0.05) is 22.8 Å². The largest absolute Gasteiger partial charge is 0.295 e. The first-order chi connectivity index (χ1) is 6.91. The molecule has 0 bridgehead atoms. The summed E-state index contributed by atoms with van der Waals surface area (Å²) in [5.41, 5.74) is 0.907. The molecule has 1 radical (unpaired) electrons. The molecule has 0 atom stereocenters. The number of benzene rings is 1. The van der Waals surface area contributed by atoms with Gasteiger partial charge in [0.25, 0.3) is 0 Å². The molecule has 0 aromatic heterocycles. The number of carbonyl (C=O) groups is 3. The van der Waals surface area contributed by atoms with E-state index in [1.54, 1.807) is 0 Å². The Morgan fingerprint density at radius 3 is 1.53 bits per heavy atom. The molecule has 1 aromatic carbocycles. The molecule has 0 saturated heterocycles. The van der Waals surface area contributed by atoms with Gasteiger partial charge in [-0.05, 0) is 32.9 Å². The molecular formula is C12H11O3. The van der Waals surface area contributed by atoms with Crippen LogP contribution in [0.5, 0.6) is 0 Å². The van der Waals surface area contributed by atoms with E-state index < -0.39 is 0 Å². The molecule has 0 unspecified atom stereocenters. The predicted octanol–water partition coefficient (Wildman–Crippen LogP) is 2.09. The topological polar surface area (TPSA) is 51.2 Å². The van der Waals surface area contributed by atoms with Crippen LogP contribution in [0, 0.1) is 6.07 Å². The number of hydrogen-bond acceptors (Lipinski definition) is 3. The fourth-order valence-electron chi connectivity index (χ4n) is 1.15. The standard InChI is InChI=1S/C12H11O3/c1-7(13)10-4-11(8(2)14)6-12(5-10)9(3)15/h4-5H,1-3H3. The van der Waals surface area contributed by atoms with Gasteiger partial charge in [-0.2, -0.15) is 0 Å². The van der Waals surface area contributed by atoms with Crippen LogP contribution in [0.2, 0.25) is 0 Å². The zero-order valence-corrected chi connectivity index (χ0v) is 8.88. The molecular weight excluding hydrogens is 192 g/mol. The third-order valence-corrected chi connectivity index (χ3v) is 2.03. The molecule has 1 aromatic rings. The Morgan fingerprint density at radius 2 is 1.27 bits per heavy atom. The highest BCUT2D eigenvalue weighted by Crippen LogP contribution is 2.11. The Balaban J connectivity index is 3.39. The molecule has 3 heteroatoms. The molecule has 0 aliphatic heterocycles. The van der Waals surface area contributed by atoms with Gasteiger partial charge in [0.15, 0.2) is 17.3 Å². The summed E-state index contributed by atoms with van der Waals surface area (Å²) in [5, 5.41) is 0. The molecule has 0 fully saturated rings. The lowest BCUT2D eigenvalue weighted by Crippen LogP contribution is -2.03. The van der Waals surface area contributed by atoms with Crippen molar-refractivity contribution in [1.82, 2.24) is 0 Å². The third-order valence-electron chi connectivity index (χ3n) is 2.03. The highest BCUT2D eigenvalue weighted by atomic mass is 16.1. The summed E-state index contributed by atoms with van der Waals surface area (Å²) in [4.78, 5) is 33.4. The summed E-state index contributed by atoms with van der Waals surface area (Å²) in [6, 6.07) is 5.60. The minimum absolute atomic E-state index is 0.172. The van der Waals surface area contributed by atoms with E-state index in [-0.39, 0.29) is 28.5 Å². The monoisotopic (exact) mass is 203 g/mol. The molecule has 0 amide bonds. The van der Waals surface area contributed by atoms with Crippen LogP contribution in [0.4, 0.5) is 0 Å². The second-order valence-electron chi connectivity index (χ2n) is 3.36. The lowest BCUT2D eigenvalue weighted by atomic mass is 10.00. The zero-order valence-electron chi connectivity index (χ0n) is 8.88. The van der Waals surface area contributed by atoms with Crippen LogP contribution in [-0.2, 0) is 0 Å². The van der Waals surface area contributed by atoms with Crippen molar-refractivity contribution in [3.8, 4) is 0 Å². The normalized spacial score (nSPS) is 9.80. The van der Waals surface area contributed by atoms with E-state index >= 15 is 0 Å². The van der Waals surface area contributed by atoms with Crippen LogP contribution in [0.15, 0.2) is 12.1 Å². The van der Waals surface area contributed by atoms with E-state index in [1.807, 2.05) is 0 Å². The zero-order chi connectivity index (χ0) is 11.6. The van der Waals surface area contributed by atoms with E-state index in [2.05, 4.69) is 6.07 Å². The van der Waals surface area contributed by atoms with Gasteiger partial charge in [-0.3, -0.25) is 14.4 Å². The number of ketones is 3. The quantitative estimate of drug-likeness (QED) is 0.707. The van der Waals surface area contributed by atoms with E-state index in [0.29, 0.717) is 5.56 Å². The van der Waals surface area contributed by atoms with Crippen LogP contribution in [0.3, 0.4) is 0 Å². The molecule has 0 saturated carbocycles. The van der Waals surface area contributed by atoms with Crippen molar-refractivity contribution in [2.45, 2.75) is 20.8 Å². The van der Waals surface area contributed by atoms with Gasteiger partial charge in [0.2, 0.25) is 0 Å². The second-order valence-corrected chi connectivity index (χ2v) is 3.36. The molecule has 0 N–H and O–H groups in total. The Labute approximate surface area is 88.1 Å². The van der Waals surface area contributed by atoms with Crippen LogP contribution in [-0.4, -0.2) is 17.3 Å². The number of hydrogen-bond donors (Lipinski definition) is 0. The number of Topliss-reactive ketones (excluding diaryl/α,β-unsaturated/α-hetero) is 3. The SMILES string of the molecule is CC(=O)c1[c]c(C(C)=O)cc(C(C)=O)c1. The summed E-state index contributed by atoms with van der Waals surface area (Å²) < 4.78 is 0. The summed E-state index contributed by atoms with van der Waals surface area (Å²) in [7, 11) is 0. The first-order valence-corrected chi connectivity index (χ1v) is 4.52. The van der Waals surface area contributed by atoms with Crippen LogP contribution >= 0.6 is 0 Å². The van der Waals surface area contributed by atoms with Crippen molar-refractivity contribution >= 4 is 17.3 Å². The number of carbonyl (C=O) groups excluding carboxylic acids is 3. The van der Waals surface area contributed by atoms with Gasteiger partial charge in [0.05, 0.1) is 0 Å². The smallest absolute Gasteiger partial charge is 0.160 e. The van der Waals surface area contributed by atoms with E-state index in [9.17, 15) is 14.4 Å². The molecule has 0 aliphatic carbocycles. The first kappa shape index (κ1) is 11.3. The Bertz CT molecular complexity index is 365. The molecule has 0 heterocycles. The van der Waals surface area contributed by atoms with E-state index in [1.165, 1.54) is 32.9 Å². The molecule has 3 nitrogen and oxygen atoms in total. The van der Waals surface area contributed by atoms with Gasteiger partial charge in [-0.25, -0.2) is 0 Å². The van der Waals surface area contributed by atoms with Crippen molar-refractivity contribution in [3.63, 3.8) is 0 Å². The molecule has 1 rings (SSSR count). The maximum absolute atomic E-state index is 11.2. The van der Waals surface area contributed by atoms with Gasteiger partial charge in [-0.15, -0.1) is 0 Å². The lowest BCUT2D eigenvalue weighted by molar-refractivity contribution is 0.101. The average molecular weight is 203 g/mol. The lowest BCUT2D eigenvalue weighted by Gasteiger charge is -2.02. The summed E-state index contributed by atoms with van der Waals surface area (Å²) in [6.45, 7) is 4.14.